The highest BCUT2D eigenvalue weighted by Crippen LogP contribution is 2.40. The molecular formula is C16H18N2OS2. The molecule has 1 amide bonds. The van der Waals surface area contributed by atoms with Crippen molar-refractivity contribution in [1.82, 2.24) is 4.98 Å². The van der Waals surface area contributed by atoms with E-state index in [0.717, 1.165) is 5.56 Å². The quantitative estimate of drug-likeness (QED) is 0.882. The minimum absolute atomic E-state index is 0.0352. The highest BCUT2D eigenvalue weighted by molar-refractivity contribution is 8.00. The first-order valence-electron chi connectivity index (χ1n) is 7.24. The molecule has 1 fully saturated rings. The summed E-state index contributed by atoms with van der Waals surface area (Å²) in [5.74, 6) is 0.0352. The monoisotopic (exact) mass is 318 g/mol. The van der Waals surface area contributed by atoms with Gasteiger partial charge in [0.05, 0.1) is 0 Å². The average Bonchev–Trinajstić information content (AvgIpc) is 3.19. The minimum Gasteiger partial charge on any atom is -0.301 e. The Kier molecular flexibility index (Phi) is 4.93. The lowest BCUT2D eigenvalue weighted by Crippen LogP contribution is -2.20. The van der Waals surface area contributed by atoms with Gasteiger partial charge in [0.1, 0.15) is 5.25 Å². The molecule has 0 spiro atoms. The summed E-state index contributed by atoms with van der Waals surface area (Å²) < 4.78 is 0. The Hall–Kier alpha value is -1.33. The number of aromatic nitrogens is 1. The second-order valence-corrected chi connectivity index (χ2v) is 7.46. The molecule has 1 aromatic carbocycles. The second kappa shape index (κ2) is 7.09. The molecule has 1 aliphatic rings. The van der Waals surface area contributed by atoms with Gasteiger partial charge in [0.25, 0.3) is 0 Å². The fourth-order valence-corrected chi connectivity index (χ4v) is 4.61. The lowest BCUT2D eigenvalue weighted by molar-refractivity contribution is -0.115. The Morgan fingerprint density at radius 2 is 2.05 bits per heavy atom. The molecule has 0 bridgehead atoms. The van der Waals surface area contributed by atoms with Crippen molar-refractivity contribution in [2.45, 2.75) is 36.2 Å². The molecule has 5 heteroatoms. The highest BCUT2D eigenvalue weighted by Gasteiger charge is 2.27. The topological polar surface area (TPSA) is 42.0 Å². The number of benzene rings is 1. The Labute approximate surface area is 133 Å². The van der Waals surface area contributed by atoms with Gasteiger partial charge >= 0.3 is 0 Å². The van der Waals surface area contributed by atoms with Crippen molar-refractivity contribution in [2.24, 2.45) is 0 Å². The van der Waals surface area contributed by atoms with Crippen LogP contribution in [0.4, 0.5) is 5.13 Å². The molecule has 0 aliphatic heterocycles. The number of thioether (sulfide) groups is 1. The second-order valence-electron chi connectivity index (χ2n) is 5.16. The number of hydrogen-bond donors (Lipinski definition) is 1. The van der Waals surface area contributed by atoms with E-state index in [4.69, 9.17) is 0 Å². The maximum atomic E-state index is 12.6. The lowest BCUT2D eigenvalue weighted by Gasteiger charge is -2.19. The number of thiazole rings is 1. The van der Waals surface area contributed by atoms with Gasteiger partial charge in [-0.1, -0.05) is 43.2 Å². The summed E-state index contributed by atoms with van der Waals surface area (Å²) in [6, 6.07) is 10.0. The zero-order valence-corrected chi connectivity index (χ0v) is 13.3. The van der Waals surface area contributed by atoms with E-state index in [1.807, 2.05) is 35.7 Å². The third-order valence-electron chi connectivity index (χ3n) is 3.63. The van der Waals surface area contributed by atoms with Gasteiger partial charge in [0.2, 0.25) is 5.91 Å². The molecule has 1 atom stereocenters. The van der Waals surface area contributed by atoms with Gasteiger partial charge in [-0.05, 0) is 18.4 Å². The Balaban J connectivity index is 1.75. The van der Waals surface area contributed by atoms with Gasteiger partial charge in [0.15, 0.2) is 5.13 Å². The third-order valence-corrected chi connectivity index (χ3v) is 5.94. The molecule has 2 aromatic rings. The van der Waals surface area contributed by atoms with Crippen LogP contribution in [0.1, 0.15) is 36.5 Å². The van der Waals surface area contributed by atoms with Gasteiger partial charge in [-0.3, -0.25) is 4.79 Å². The molecule has 3 nitrogen and oxygen atoms in total. The molecule has 0 radical (unpaired) electrons. The number of carbonyl (C=O) groups is 1. The zero-order chi connectivity index (χ0) is 14.5. The predicted octanol–water partition coefficient (Wildman–Crippen LogP) is 4.50. The highest BCUT2D eigenvalue weighted by atomic mass is 32.2. The minimum atomic E-state index is -0.154. The van der Waals surface area contributed by atoms with Crippen molar-refractivity contribution in [3.8, 4) is 0 Å². The first-order chi connectivity index (χ1) is 10.3. The van der Waals surface area contributed by atoms with Crippen LogP contribution >= 0.6 is 23.1 Å². The standard InChI is InChI=1S/C16H18N2OS2/c19-15(18-16-17-10-11-20-16)14(12-6-2-1-3-7-12)21-13-8-4-5-9-13/h1-3,6-7,10-11,13-14H,4-5,8-9H2,(H,17,18,19). The van der Waals surface area contributed by atoms with Crippen molar-refractivity contribution < 1.29 is 4.79 Å². The number of carbonyl (C=O) groups excluding carboxylic acids is 1. The van der Waals surface area contributed by atoms with Crippen LogP contribution in [0.25, 0.3) is 0 Å². The SMILES string of the molecule is O=C(Nc1nccs1)C(SC1CCCC1)c1ccccc1. The van der Waals surface area contributed by atoms with Crippen molar-refractivity contribution in [3.63, 3.8) is 0 Å². The third kappa shape index (κ3) is 3.86. The molecule has 0 saturated heterocycles. The Morgan fingerprint density at radius 3 is 2.71 bits per heavy atom. The first-order valence-corrected chi connectivity index (χ1v) is 9.06. The van der Waals surface area contributed by atoms with Crippen LogP contribution < -0.4 is 5.32 Å². The van der Waals surface area contributed by atoms with Crippen molar-refractivity contribution >= 4 is 34.1 Å². The number of hydrogen-bond acceptors (Lipinski definition) is 4. The fourth-order valence-electron chi connectivity index (χ4n) is 2.59. The van der Waals surface area contributed by atoms with E-state index >= 15 is 0 Å². The molecule has 1 aromatic heterocycles. The summed E-state index contributed by atoms with van der Waals surface area (Å²) in [5.41, 5.74) is 1.07. The molecule has 110 valence electrons. The molecule has 1 N–H and O–H groups in total. The average molecular weight is 318 g/mol. The summed E-state index contributed by atoms with van der Waals surface area (Å²) in [6.07, 6.45) is 6.72. The number of amides is 1. The van der Waals surface area contributed by atoms with Crippen molar-refractivity contribution in [3.05, 3.63) is 47.5 Å². The molecular weight excluding hydrogens is 300 g/mol. The van der Waals surface area contributed by atoms with E-state index in [1.54, 1.807) is 18.0 Å². The summed E-state index contributed by atoms with van der Waals surface area (Å²) in [4.78, 5) is 16.8. The number of nitrogens with zero attached hydrogens (tertiary/aromatic N) is 1. The maximum Gasteiger partial charge on any atom is 0.243 e. The normalized spacial score (nSPS) is 16.8. The number of anilines is 1. The summed E-state index contributed by atoms with van der Waals surface area (Å²) in [6.45, 7) is 0. The summed E-state index contributed by atoms with van der Waals surface area (Å²) in [7, 11) is 0. The van der Waals surface area contributed by atoms with Crippen LogP contribution in [0.2, 0.25) is 0 Å². The van der Waals surface area contributed by atoms with Crippen LogP contribution in [0.15, 0.2) is 41.9 Å². The van der Waals surface area contributed by atoms with E-state index in [9.17, 15) is 4.79 Å². The van der Waals surface area contributed by atoms with Gasteiger partial charge in [-0.15, -0.1) is 23.1 Å². The summed E-state index contributed by atoms with van der Waals surface area (Å²) >= 11 is 3.25. The largest absolute Gasteiger partial charge is 0.301 e. The maximum absolute atomic E-state index is 12.6. The molecule has 1 aliphatic carbocycles. The molecule has 1 unspecified atom stereocenters. The number of rotatable bonds is 5. The van der Waals surface area contributed by atoms with Crippen LogP contribution in [0.5, 0.6) is 0 Å². The predicted molar refractivity (Wildman–Crippen MR) is 89.8 cm³/mol. The molecule has 1 heterocycles. The molecule has 21 heavy (non-hydrogen) atoms. The summed E-state index contributed by atoms with van der Waals surface area (Å²) in [5, 5.41) is 5.93. The van der Waals surface area contributed by atoms with E-state index in [1.165, 1.54) is 37.0 Å². The van der Waals surface area contributed by atoms with Crippen molar-refractivity contribution in [1.29, 1.82) is 0 Å². The van der Waals surface area contributed by atoms with Crippen molar-refractivity contribution in [2.75, 3.05) is 5.32 Å². The van der Waals surface area contributed by atoms with Crippen LogP contribution in [-0.2, 0) is 4.79 Å². The van der Waals surface area contributed by atoms with Gasteiger partial charge in [0, 0.05) is 16.8 Å². The number of nitrogens with one attached hydrogen (secondary N) is 1. The molecule has 3 rings (SSSR count). The van der Waals surface area contributed by atoms with Crippen LogP contribution in [0.3, 0.4) is 0 Å². The lowest BCUT2D eigenvalue weighted by atomic mass is 10.1. The van der Waals surface area contributed by atoms with E-state index < -0.39 is 0 Å². The van der Waals surface area contributed by atoms with E-state index in [0.29, 0.717) is 10.4 Å². The van der Waals surface area contributed by atoms with E-state index in [2.05, 4.69) is 10.3 Å². The van der Waals surface area contributed by atoms with Crippen LogP contribution in [-0.4, -0.2) is 16.1 Å². The first kappa shape index (κ1) is 14.6. The Morgan fingerprint density at radius 1 is 1.29 bits per heavy atom. The van der Waals surface area contributed by atoms with Gasteiger partial charge in [-0.2, -0.15) is 0 Å². The van der Waals surface area contributed by atoms with Crippen LogP contribution in [0, 0.1) is 0 Å². The van der Waals surface area contributed by atoms with Gasteiger partial charge in [-0.25, -0.2) is 4.98 Å². The smallest absolute Gasteiger partial charge is 0.243 e. The Bertz CT molecular complexity index is 565. The fraction of sp³-hybridized carbons (Fsp3) is 0.375. The molecule has 1 saturated carbocycles. The van der Waals surface area contributed by atoms with E-state index in [-0.39, 0.29) is 11.2 Å². The van der Waals surface area contributed by atoms with Gasteiger partial charge < -0.3 is 5.32 Å². The zero-order valence-electron chi connectivity index (χ0n) is 11.7.